The van der Waals surface area contributed by atoms with Crippen molar-refractivity contribution < 1.29 is 45.3 Å². The summed E-state index contributed by atoms with van der Waals surface area (Å²) in [7, 11) is 1.36. The number of hydrogen-bond donors (Lipinski definition) is 1. The second kappa shape index (κ2) is 12.8. The predicted molar refractivity (Wildman–Crippen MR) is 146 cm³/mol. The molecule has 3 saturated heterocycles. The van der Waals surface area contributed by atoms with E-state index in [4.69, 9.17) is 19.9 Å². The van der Waals surface area contributed by atoms with Gasteiger partial charge in [0.1, 0.15) is 18.2 Å². The molecule has 3 atom stereocenters. The second-order valence-electron chi connectivity index (χ2n) is 11.4. The molecule has 3 fully saturated rings. The number of carbonyl (C=O) groups excluding carboxylic acids is 1. The molecular formula is C29H33F6N5O4. The zero-order chi connectivity index (χ0) is 31.8. The van der Waals surface area contributed by atoms with Gasteiger partial charge in [-0.25, -0.2) is 4.39 Å². The highest BCUT2D eigenvalue weighted by molar-refractivity contribution is 5.76. The molecule has 0 saturated carbocycles. The summed E-state index contributed by atoms with van der Waals surface area (Å²) in [5.74, 6) is -1.49. The number of ether oxygens (including phenoxy) is 3. The van der Waals surface area contributed by atoms with Crippen molar-refractivity contribution in [2.24, 2.45) is 5.92 Å². The fourth-order valence-corrected chi connectivity index (χ4v) is 6.14. The number of esters is 1. The summed E-state index contributed by atoms with van der Waals surface area (Å²) in [6, 6.07) is 2.12. The number of aromatic nitrogens is 2. The number of carbonyl (C=O) groups is 1. The lowest BCUT2D eigenvalue weighted by molar-refractivity contribution is -0.142. The van der Waals surface area contributed by atoms with Crippen LogP contribution in [0, 0.1) is 11.7 Å². The maximum atomic E-state index is 14.2. The Labute approximate surface area is 250 Å². The number of nitrogens with zero attached hydrogens (tertiary/aromatic N) is 4. The van der Waals surface area contributed by atoms with Crippen molar-refractivity contribution in [2.45, 2.75) is 57.5 Å². The van der Waals surface area contributed by atoms with Gasteiger partial charge in [0.2, 0.25) is 0 Å². The number of halogens is 6. The van der Waals surface area contributed by atoms with Gasteiger partial charge in [-0.05, 0) is 43.5 Å². The minimum Gasteiger partial charge on any atom is -0.467 e. The third kappa shape index (κ3) is 6.88. The lowest BCUT2D eigenvalue weighted by atomic mass is 9.94. The van der Waals surface area contributed by atoms with Gasteiger partial charge in [0, 0.05) is 48.3 Å². The highest BCUT2D eigenvalue weighted by Crippen LogP contribution is 2.42. The Bertz CT molecular complexity index is 1420. The van der Waals surface area contributed by atoms with E-state index in [2.05, 4.69) is 14.9 Å². The molecule has 3 unspecified atom stereocenters. The van der Waals surface area contributed by atoms with Crippen LogP contribution in [0.4, 0.5) is 37.8 Å². The number of nitrogens with two attached hydrogens (primary N) is 1. The average Bonchev–Trinajstić information content (AvgIpc) is 3.52. The summed E-state index contributed by atoms with van der Waals surface area (Å²) < 4.78 is 95.3. The van der Waals surface area contributed by atoms with Crippen molar-refractivity contribution >= 4 is 17.5 Å². The molecule has 9 nitrogen and oxygen atoms in total. The van der Waals surface area contributed by atoms with Crippen molar-refractivity contribution in [1.29, 1.82) is 0 Å². The zero-order valence-corrected chi connectivity index (χ0v) is 24.2. The van der Waals surface area contributed by atoms with Crippen molar-refractivity contribution in [3.63, 3.8) is 0 Å². The minimum absolute atomic E-state index is 0.00975. The first kappa shape index (κ1) is 31.8. The standard InChI is InChI=1S/C21H22F4N4O4.C8H11F2N/c1-10-6-29(7-17(30)33-8-10)19-13-9-32-16(5-15(13)27-20(28-19)31-2)12-3-11(26)4-14(22)18(12)21(23,24)25;9-8(10)6-4-7-2-1-3-11(7)5-6/h3-4,10,16H,5-9,26H2,1-2H3;7H,1-5H2. The zero-order valence-electron chi connectivity index (χ0n) is 24.2. The third-order valence-electron chi connectivity index (χ3n) is 8.14. The number of fused-ring (bicyclic) bond motifs is 2. The van der Waals surface area contributed by atoms with E-state index in [0.29, 0.717) is 54.3 Å². The van der Waals surface area contributed by atoms with Crippen LogP contribution in [0.25, 0.3) is 0 Å². The molecule has 240 valence electrons. The maximum absolute atomic E-state index is 14.2. The molecule has 4 aliphatic heterocycles. The molecule has 0 bridgehead atoms. The van der Waals surface area contributed by atoms with Gasteiger partial charge >= 0.3 is 18.2 Å². The fraction of sp³-hybridized carbons (Fsp3) is 0.552. The molecule has 6 rings (SSSR count). The van der Waals surface area contributed by atoms with Crippen LogP contribution in [0.15, 0.2) is 23.8 Å². The van der Waals surface area contributed by atoms with Gasteiger partial charge in [-0.3, -0.25) is 9.69 Å². The van der Waals surface area contributed by atoms with E-state index in [9.17, 15) is 31.1 Å². The summed E-state index contributed by atoms with van der Waals surface area (Å²) >= 11 is 0. The fourth-order valence-electron chi connectivity index (χ4n) is 6.14. The number of alkyl halides is 3. The van der Waals surface area contributed by atoms with Gasteiger partial charge in [-0.15, -0.1) is 0 Å². The van der Waals surface area contributed by atoms with Crippen LogP contribution in [0.1, 0.15) is 54.7 Å². The molecule has 15 heteroatoms. The van der Waals surface area contributed by atoms with E-state index in [1.54, 1.807) is 4.90 Å². The molecule has 0 radical (unpaired) electrons. The van der Waals surface area contributed by atoms with E-state index >= 15 is 0 Å². The first-order valence-corrected chi connectivity index (χ1v) is 14.2. The maximum Gasteiger partial charge on any atom is 0.419 e. The molecule has 1 aromatic carbocycles. The Balaban J connectivity index is 0.000000291. The molecule has 5 heterocycles. The normalized spacial score (nSPS) is 23.7. The molecule has 0 amide bonds. The Morgan fingerprint density at radius 1 is 1.16 bits per heavy atom. The molecule has 2 aromatic rings. The summed E-state index contributed by atoms with van der Waals surface area (Å²) in [5.41, 5.74) is 4.92. The second-order valence-corrected chi connectivity index (χ2v) is 11.4. The monoisotopic (exact) mass is 629 g/mol. The molecule has 0 spiro atoms. The van der Waals surface area contributed by atoms with E-state index in [0.717, 1.165) is 19.0 Å². The average molecular weight is 630 g/mol. The van der Waals surface area contributed by atoms with Gasteiger partial charge in [-0.2, -0.15) is 31.9 Å². The van der Waals surface area contributed by atoms with Crippen molar-refractivity contribution in [2.75, 3.05) is 50.5 Å². The first-order valence-electron chi connectivity index (χ1n) is 14.2. The third-order valence-corrected chi connectivity index (χ3v) is 8.14. The highest BCUT2D eigenvalue weighted by Gasteiger charge is 2.41. The molecule has 4 aliphatic rings. The van der Waals surface area contributed by atoms with Crippen molar-refractivity contribution in [1.82, 2.24) is 14.9 Å². The van der Waals surface area contributed by atoms with Crippen LogP contribution in [-0.4, -0.2) is 66.8 Å². The Morgan fingerprint density at radius 3 is 2.61 bits per heavy atom. The summed E-state index contributed by atoms with van der Waals surface area (Å²) in [6.45, 7) is 3.97. The lowest BCUT2D eigenvalue weighted by Crippen LogP contribution is -2.34. The van der Waals surface area contributed by atoms with Crippen LogP contribution in [-0.2, 0) is 33.5 Å². The summed E-state index contributed by atoms with van der Waals surface area (Å²) in [4.78, 5) is 24.6. The highest BCUT2D eigenvalue weighted by atomic mass is 19.4. The number of rotatable bonds is 3. The molecule has 1 aromatic heterocycles. The predicted octanol–water partition coefficient (Wildman–Crippen LogP) is 5.04. The molecule has 44 heavy (non-hydrogen) atoms. The number of methoxy groups -OCH3 is 1. The quantitative estimate of drug-likeness (QED) is 0.284. The van der Waals surface area contributed by atoms with Crippen molar-refractivity contribution in [3.8, 4) is 6.01 Å². The van der Waals surface area contributed by atoms with E-state index in [1.807, 2.05) is 6.92 Å². The Kier molecular flexibility index (Phi) is 9.25. The lowest BCUT2D eigenvalue weighted by Gasteiger charge is -2.31. The number of hydrogen-bond acceptors (Lipinski definition) is 9. The van der Waals surface area contributed by atoms with Crippen LogP contribution in [0.3, 0.4) is 0 Å². The van der Waals surface area contributed by atoms with Gasteiger partial charge in [0.25, 0.3) is 6.08 Å². The summed E-state index contributed by atoms with van der Waals surface area (Å²) in [5, 5.41) is 0. The van der Waals surface area contributed by atoms with Gasteiger partial charge in [0.15, 0.2) is 0 Å². The topological polar surface area (TPSA) is 103 Å². The number of benzene rings is 1. The van der Waals surface area contributed by atoms with Gasteiger partial charge in [0.05, 0.1) is 37.7 Å². The van der Waals surface area contributed by atoms with Crippen molar-refractivity contribution in [3.05, 3.63) is 52.0 Å². The van der Waals surface area contributed by atoms with E-state index in [-0.39, 0.29) is 43.8 Å². The van der Waals surface area contributed by atoms with Crippen LogP contribution >= 0.6 is 0 Å². The van der Waals surface area contributed by atoms with Gasteiger partial charge in [-0.1, -0.05) is 6.92 Å². The number of nitrogen functional groups attached to an aromatic ring is 1. The van der Waals surface area contributed by atoms with Crippen LogP contribution < -0.4 is 15.4 Å². The Morgan fingerprint density at radius 2 is 1.93 bits per heavy atom. The molecule has 0 aliphatic carbocycles. The van der Waals surface area contributed by atoms with E-state index < -0.39 is 41.3 Å². The SMILES string of the molecule is COc1nc2c(c(N3CC(=O)OCC(C)C3)n1)COC(c1cc(N)cc(F)c1C(F)(F)F)C2.FC(F)=C1CC2CCCN2C1. The molecular weight excluding hydrogens is 596 g/mol. The molecule has 2 N–H and O–H groups in total. The Hall–Kier alpha value is -3.59. The van der Waals surface area contributed by atoms with Gasteiger partial charge < -0.3 is 24.8 Å². The number of anilines is 2. The van der Waals surface area contributed by atoms with Crippen LogP contribution in [0.2, 0.25) is 0 Å². The van der Waals surface area contributed by atoms with E-state index in [1.165, 1.54) is 13.5 Å². The largest absolute Gasteiger partial charge is 0.467 e. The summed E-state index contributed by atoms with van der Waals surface area (Å²) in [6.07, 6.45) is -4.72. The smallest absolute Gasteiger partial charge is 0.419 e. The first-order chi connectivity index (χ1) is 20.8. The minimum atomic E-state index is -4.94. The van der Waals surface area contributed by atoms with Crippen LogP contribution in [0.5, 0.6) is 6.01 Å². The number of cyclic esters (lactones) is 1.